The van der Waals surface area contributed by atoms with Crippen molar-refractivity contribution in [3.8, 4) is 0 Å². The standard InChI is InChI=1S/C31H34N2O/c1-21-12-15-32-20-29(21)33-24-9-11-26-23(16-24)8-10-27-28-17-25(34)19-30(28,2)13-14-31(26,27)18-22-6-4-3-5-7-22/h3-7,9,11-12,15-16,20,25,33-34H,8,10,13-14,17-19H2,1-2H3/t25-,30+,31-/m1/s1. The third kappa shape index (κ3) is 3.49. The number of allylic oxidation sites excluding steroid dienone is 1. The van der Waals surface area contributed by atoms with Gasteiger partial charge in [0.1, 0.15) is 0 Å². The predicted molar refractivity (Wildman–Crippen MR) is 138 cm³/mol. The van der Waals surface area contributed by atoms with Crippen molar-refractivity contribution in [1.82, 2.24) is 4.98 Å². The van der Waals surface area contributed by atoms with Crippen LogP contribution in [0.15, 0.2) is 78.1 Å². The molecule has 0 bridgehead atoms. The van der Waals surface area contributed by atoms with Gasteiger partial charge in [-0.2, -0.15) is 0 Å². The number of aromatic nitrogens is 1. The lowest BCUT2D eigenvalue weighted by Crippen LogP contribution is -2.42. The topological polar surface area (TPSA) is 45.2 Å². The molecule has 3 nitrogen and oxygen atoms in total. The molecule has 1 heterocycles. The number of nitrogens with zero attached hydrogens (tertiary/aromatic N) is 1. The highest BCUT2D eigenvalue weighted by Crippen LogP contribution is 2.60. The van der Waals surface area contributed by atoms with E-state index < -0.39 is 0 Å². The number of rotatable bonds is 4. The van der Waals surface area contributed by atoms with Crippen LogP contribution in [0.4, 0.5) is 11.4 Å². The van der Waals surface area contributed by atoms with Gasteiger partial charge < -0.3 is 10.4 Å². The second-order valence-corrected chi connectivity index (χ2v) is 11.0. The highest BCUT2D eigenvalue weighted by molar-refractivity contribution is 5.65. The first-order chi connectivity index (χ1) is 16.5. The van der Waals surface area contributed by atoms with Crippen molar-refractivity contribution in [2.75, 3.05) is 5.32 Å². The first kappa shape index (κ1) is 21.6. The van der Waals surface area contributed by atoms with Gasteiger partial charge >= 0.3 is 0 Å². The van der Waals surface area contributed by atoms with Crippen molar-refractivity contribution in [3.63, 3.8) is 0 Å². The third-order valence-electron chi connectivity index (χ3n) is 8.83. The van der Waals surface area contributed by atoms with Gasteiger partial charge in [0.25, 0.3) is 0 Å². The summed E-state index contributed by atoms with van der Waals surface area (Å²) in [5, 5.41) is 14.2. The molecular weight excluding hydrogens is 416 g/mol. The fourth-order valence-corrected chi connectivity index (χ4v) is 7.14. The van der Waals surface area contributed by atoms with E-state index in [1.165, 1.54) is 22.3 Å². The molecule has 0 spiro atoms. The van der Waals surface area contributed by atoms with Crippen LogP contribution in [0, 0.1) is 12.3 Å². The largest absolute Gasteiger partial charge is 0.393 e. The summed E-state index contributed by atoms with van der Waals surface area (Å²) in [5.41, 5.74) is 11.2. The molecule has 3 aromatic rings. The van der Waals surface area contributed by atoms with Crippen LogP contribution in [0.5, 0.6) is 0 Å². The van der Waals surface area contributed by atoms with Gasteiger partial charge in [0.05, 0.1) is 18.0 Å². The number of nitrogens with one attached hydrogen (secondary N) is 1. The number of hydrogen-bond donors (Lipinski definition) is 2. The fraction of sp³-hybridized carbons (Fsp3) is 0.387. The van der Waals surface area contributed by atoms with Gasteiger partial charge in [-0.15, -0.1) is 0 Å². The van der Waals surface area contributed by atoms with Crippen LogP contribution in [0.2, 0.25) is 0 Å². The Kier molecular flexibility index (Phi) is 5.14. The van der Waals surface area contributed by atoms with Gasteiger partial charge in [-0.05, 0) is 97.7 Å². The summed E-state index contributed by atoms with van der Waals surface area (Å²) in [6.45, 7) is 4.52. The first-order valence-corrected chi connectivity index (χ1v) is 12.7. The van der Waals surface area contributed by atoms with Crippen LogP contribution in [-0.2, 0) is 18.3 Å². The molecule has 3 heteroatoms. The van der Waals surface area contributed by atoms with E-state index in [1.54, 1.807) is 11.1 Å². The summed E-state index contributed by atoms with van der Waals surface area (Å²) in [6.07, 6.45) is 10.9. The van der Waals surface area contributed by atoms with E-state index >= 15 is 0 Å². The van der Waals surface area contributed by atoms with Crippen LogP contribution < -0.4 is 5.32 Å². The Morgan fingerprint density at radius 3 is 2.71 bits per heavy atom. The van der Waals surface area contributed by atoms with Gasteiger partial charge in [0, 0.05) is 17.3 Å². The lowest BCUT2D eigenvalue weighted by Gasteiger charge is -2.50. The van der Waals surface area contributed by atoms with Crippen molar-refractivity contribution < 1.29 is 5.11 Å². The molecule has 1 saturated carbocycles. The molecule has 174 valence electrons. The summed E-state index contributed by atoms with van der Waals surface area (Å²) in [6, 6.07) is 20.1. The predicted octanol–water partition coefficient (Wildman–Crippen LogP) is 6.81. The molecule has 1 aromatic heterocycles. The summed E-state index contributed by atoms with van der Waals surface area (Å²) in [5.74, 6) is 0. The number of anilines is 2. The maximum absolute atomic E-state index is 10.6. The fourth-order valence-electron chi connectivity index (χ4n) is 7.14. The second kappa shape index (κ2) is 8.09. The Labute approximate surface area is 203 Å². The van der Waals surface area contributed by atoms with E-state index in [4.69, 9.17) is 0 Å². The molecule has 0 amide bonds. The molecule has 3 atom stereocenters. The molecular formula is C31H34N2O. The Hall–Kier alpha value is -2.91. The molecule has 3 aliphatic rings. The van der Waals surface area contributed by atoms with Gasteiger partial charge in [-0.25, -0.2) is 0 Å². The molecule has 3 aliphatic carbocycles. The number of pyridine rings is 1. The number of fused-ring (bicyclic) bond motifs is 4. The monoisotopic (exact) mass is 450 g/mol. The van der Waals surface area contributed by atoms with Crippen molar-refractivity contribution in [2.45, 2.75) is 70.3 Å². The lowest BCUT2D eigenvalue weighted by molar-refractivity contribution is 0.156. The smallest absolute Gasteiger partial charge is 0.0600 e. The molecule has 2 N–H and O–H groups in total. The van der Waals surface area contributed by atoms with Gasteiger partial charge in [0.2, 0.25) is 0 Å². The van der Waals surface area contributed by atoms with E-state index in [2.05, 4.69) is 72.7 Å². The molecule has 2 aromatic carbocycles. The van der Waals surface area contributed by atoms with Crippen LogP contribution in [0.3, 0.4) is 0 Å². The number of aliphatic hydroxyl groups is 1. The van der Waals surface area contributed by atoms with Gasteiger partial charge in [-0.1, -0.05) is 54.5 Å². The van der Waals surface area contributed by atoms with Gasteiger partial charge in [-0.3, -0.25) is 4.98 Å². The van der Waals surface area contributed by atoms with Crippen LogP contribution >= 0.6 is 0 Å². The summed E-state index contributed by atoms with van der Waals surface area (Å²) in [7, 11) is 0. The molecule has 1 fully saturated rings. The SMILES string of the molecule is Cc1ccncc1Nc1ccc2c(c1)CCC1=C3C[C@@H](O)C[C@]3(C)CC[C@]12Cc1ccccc1. The molecule has 34 heavy (non-hydrogen) atoms. The van der Waals surface area contributed by atoms with E-state index in [0.29, 0.717) is 0 Å². The Balaban J connectivity index is 1.46. The quantitative estimate of drug-likeness (QED) is 0.429. The Morgan fingerprint density at radius 2 is 1.88 bits per heavy atom. The zero-order chi connectivity index (χ0) is 23.3. The van der Waals surface area contributed by atoms with E-state index in [0.717, 1.165) is 56.3 Å². The Bertz CT molecular complexity index is 1260. The van der Waals surface area contributed by atoms with E-state index in [9.17, 15) is 5.11 Å². The minimum Gasteiger partial charge on any atom is -0.393 e. The van der Waals surface area contributed by atoms with Crippen LogP contribution in [-0.4, -0.2) is 16.2 Å². The van der Waals surface area contributed by atoms with Crippen molar-refractivity contribution in [1.29, 1.82) is 0 Å². The highest BCUT2D eigenvalue weighted by atomic mass is 16.3. The number of aliphatic hydroxyl groups excluding tert-OH is 1. The summed E-state index contributed by atoms with van der Waals surface area (Å²) < 4.78 is 0. The Morgan fingerprint density at radius 1 is 1.03 bits per heavy atom. The number of benzene rings is 2. The first-order valence-electron chi connectivity index (χ1n) is 12.7. The minimum absolute atomic E-state index is 0.0383. The van der Waals surface area contributed by atoms with E-state index in [1.807, 2.05) is 18.5 Å². The van der Waals surface area contributed by atoms with Gasteiger partial charge in [0.15, 0.2) is 0 Å². The lowest BCUT2D eigenvalue weighted by atomic mass is 9.54. The molecule has 6 rings (SSSR count). The normalized spacial score (nSPS) is 27.7. The average Bonchev–Trinajstić information content (AvgIpc) is 3.15. The molecule has 0 saturated heterocycles. The number of aryl methyl sites for hydroxylation is 2. The van der Waals surface area contributed by atoms with Crippen LogP contribution in [0.25, 0.3) is 0 Å². The average molecular weight is 451 g/mol. The minimum atomic E-state index is -0.185. The van der Waals surface area contributed by atoms with Crippen molar-refractivity contribution >= 4 is 11.4 Å². The summed E-state index contributed by atoms with van der Waals surface area (Å²) >= 11 is 0. The van der Waals surface area contributed by atoms with E-state index in [-0.39, 0.29) is 16.9 Å². The molecule has 0 unspecified atom stereocenters. The number of hydrogen-bond acceptors (Lipinski definition) is 3. The van der Waals surface area contributed by atoms with Crippen LogP contribution in [0.1, 0.15) is 61.3 Å². The maximum Gasteiger partial charge on any atom is 0.0600 e. The zero-order valence-electron chi connectivity index (χ0n) is 20.3. The summed E-state index contributed by atoms with van der Waals surface area (Å²) in [4.78, 5) is 4.30. The molecule has 0 radical (unpaired) electrons. The third-order valence-corrected chi connectivity index (χ3v) is 8.83. The van der Waals surface area contributed by atoms with Crippen molar-refractivity contribution in [2.24, 2.45) is 5.41 Å². The highest BCUT2D eigenvalue weighted by Gasteiger charge is 2.52. The molecule has 0 aliphatic heterocycles. The second-order valence-electron chi connectivity index (χ2n) is 11.0. The van der Waals surface area contributed by atoms with Crippen molar-refractivity contribution in [3.05, 3.63) is 100 Å². The maximum atomic E-state index is 10.6. The zero-order valence-corrected chi connectivity index (χ0v) is 20.3.